The van der Waals surface area contributed by atoms with Crippen LogP contribution in [-0.4, -0.2) is 9.15 Å². The Bertz CT molecular complexity index is 412. The average Bonchev–Trinajstić information content (AvgIpc) is 2.15. The number of hydrogen-bond donors (Lipinski definition) is 0. The second kappa shape index (κ2) is 3.77. The minimum atomic E-state index is -4.27. The van der Waals surface area contributed by atoms with Crippen LogP contribution >= 0.6 is 19.8 Å². The summed E-state index contributed by atoms with van der Waals surface area (Å²) < 4.78 is 39.9. The number of nitrogens with zero attached hydrogens (tertiary/aromatic N) is 1. The fourth-order valence-electron chi connectivity index (χ4n) is 1.37. The first-order valence-corrected chi connectivity index (χ1v) is 9.18. The van der Waals surface area contributed by atoms with Gasteiger partial charge in [-0.25, -0.2) is 0 Å². The first-order chi connectivity index (χ1) is 6.97. The Labute approximate surface area is 92.8 Å². The monoisotopic (exact) mass is 327 g/mol. The summed E-state index contributed by atoms with van der Waals surface area (Å²) in [6, 6.07) is 3.83. The molecule has 1 heterocycles. The van der Waals surface area contributed by atoms with E-state index in [1.54, 1.807) is 6.07 Å². The van der Waals surface area contributed by atoms with Gasteiger partial charge in [0.2, 0.25) is 0 Å². The van der Waals surface area contributed by atoms with Crippen molar-refractivity contribution in [3.05, 3.63) is 29.3 Å². The Hall–Kier alpha value is -0.590. The molecule has 1 nitrogen and oxygen atoms in total. The topological polar surface area (TPSA) is 12.4 Å². The zero-order chi connectivity index (χ0) is 11.1. The second-order valence-corrected chi connectivity index (χ2v) is 8.31. The summed E-state index contributed by atoms with van der Waals surface area (Å²) in [5, 5.41) is 0. The van der Waals surface area contributed by atoms with E-state index in [0.717, 1.165) is 22.1 Å². The Kier molecular flexibility index (Phi) is 2.74. The first-order valence-electron chi connectivity index (χ1n) is 4.25. The predicted molar refractivity (Wildman–Crippen MR) is 63.2 cm³/mol. The van der Waals surface area contributed by atoms with Crippen molar-refractivity contribution in [2.45, 2.75) is 10.6 Å². The summed E-state index contributed by atoms with van der Waals surface area (Å²) in [6.07, 6.45) is -4.27. The molecular formula is C10H9F3IN. The number of alkyl halides is 5. The number of aliphatic imine (C=N–C) groups is 1. The van der Waals surface area contributed by atoms with Gasteiger partial charge in [-0.3, -0.25) is 0 Å². The van der Waals surface area contributed by atoms with Crippen LogP contribution in [0.2, 0.25) is 0 Å². The SMILES string of the molecule is CI1C=Nc2cc(C(F)(F)F)ccc2C1. The quantitative estimate of drug-likeness (QED) is 0.504. The predicted octanol–water partition coefficient (Wildman–Crippen LogP) is 4.02. The molecule has 0 radical (unpaired) electrons. The number of benzene rings is 1. The number of halogens is 4. The third-order valence-corrected chi connectivity index (χ3v) is 5.38. The van der Waals surface area contributed by atoms with Crippen molar-refractivity contribution in [3.8, 4) is 0 Å². The summed E-state index contributed by atoms with van der Waals surface area (Å²) in [4.78, 5) is 6.24. The minimum absolute atomic E-state index is 0.486. The third kappa shape index (κ3) is 2.32. The van der Waals surface area contributed by atoms with E-state index in [4.69, 9.17) is 0 Å². The van der Waals surface area contributed by atoms with Crippen LogP contribution in [0.5, 0.6) is 0 Å². The van der Waals surface area contributed by atoms with Crippen LogP contribution in [0.15, 0.2) is 23.2 Å². The van der Waals surface area contributed by atoms with Gasteiger partial charge < -0.3 is 0 Å². The van der Waals surface area contributed by atoms with Crippen molar-refractivity contribution in [1.29, 1.82) is 0 Å². The number of rotatable bonds is 0. The Balaban J connectivity index is 2.42. The van der Waals surface area contributed by atoms with Crippen LogP contribution in [0, 0.1) is 0 Å². The van der Waals surface area contributed by atoms with Crippen molar-refractivity contribution >= 4 is 29.7 Å². The van der Waals surface area contributed by atoms with Gasteiger partial charge in [0, 0.05) is 0 Å². The molecular weight excluding hydrogens is 318 g/mol. The zero-order valence-corrected chi connectivity index (χ0v) is 10.1. The molecule has 0 aromatic heterocycles. The zero-order valence-electron chi connectivity index (χ0n) is 7.98. The number of fused-ring (bicyclic) bond motifs is 1. The van der Waals surface area contributed by atoms with E-state index in [1.165, 1.54) is 0 Å². The summed E-state index contributed by atoms with van der Waals surface area (Å²) >= 11 is -1.12. The molecule has 0 saturated carbocycles. The molecule has 0 amide bonds. The van der Waals surface area contributed by atoms with Gasteiger partial charge in [-0.15, -0.1) is 0 Å². The molecule has 0 bridgehead atoms. The third-order valence-electron chi connectivity index (χ3n) is 2.12. The van der Waals surface area contributed by atoms with E-state index in [0.29, 0.717) is 5.69 Å². The van der Waals surface area contributed by atoms with Crippen LogP contribution in [0.4, 0.5) is 18.9 Å². The van der Waals surface area contributed by atoms with E-state index < -0.39 is 31.6 Å². The van der Waals surface area contributed by atoms with Crippen LogP contribution < -0.4 is 0 Å². The standard InChI is InChI=1S/C10H9F3IN/c1-14-5-7-2-3-8(10(11,12)13)4-9(7)15-6-14/h2-4,6H,5H2,1H3. The van der Waals surface area contributed by atoms with Gasteiger partial charge >= 0.3 is 92.8 Å². The van der Waals surface area contributed by atoms with Gasteiger partial charge in [-0.2, -0.15) is 0 Å². The van der Waals surface area contributed by atoms with Gasteiger partial charge in [0.25, 0.3) is 0 Å². The Morgan fingerprint density at radius 3 is 2.73 bits per heavy atom. The molecule has 82 valence electrons. The molecule has 5 heteroatoms. The summed E-state index contributed by atoms with van der Waals surface area (Å²) in [7, 11) is 0. The molecule has 1 aromatic carbocycles. The van der Waals surface area contributed by atoms with Gasteiger partial charge in [-0.1, -0.05) is 0 Å². The van der Waals surface area contributed by atoms with Crippen LogP contribution in [0.1, 0.15) is 11.1 Å². The second-order valence-electron chi connectivity index (χ2n) is 3.34. The average molecular weight is 327 g/mol. The summed E-state index contributed by atoms with van der Waals surface area (Å²) in [6.45, 7) is 0. The molecule has 15 heavy (non-hydrogen) atoms. The fourth-order valence-corrected chi connectivity index (χ4v) is 4.28. The van der Waals surface area contributed by atoms with Crippen LogP contribution in [-0.2, 0) is 10.6 Å². The normalized spacial score (nSPS) is 17.7. The van der Waals surface area contributed by atoms with Gasteiger partial charge in [0.1, 0.15) is 0 Å². The first kappa shape index (κ1) is 10.9. The molecule has 1 aliphatic heterocycles. The molecule has 2 rings (SSSR count). The van der Waals surface area contributed by atoms with Gasteiger partial charge in [0.05, 0.1) is 0 Å². The van der Waals surface area contributed by atoms with Crippen LogP contribution in [0.25, 0.3) is 0 Å². The molecule has 0 saturated heterocycles. The fraction of sp³-hybridized carbons (Fsp3) is 0.300. The molecule has 0 fully saturated rings. The maximum atomic E-state index is 12.4. The molecule has 0 N–H and O–H groups in total. The summed E-state index contributed by atoms with van der Waals surface area (Å²) in [5.74, 6) is 0. The van der Waals surface area contributed by atoms with Crippen molar-refractivity contribution < 1.29 is 13.2 Å². The number of hydrogen-bond acceptors (Lipinski definition) is 1. The van der Waals surface area contributed by atoms with Crippen molar-refractivity contribution in [2.24, 2.45) is 4.99 Å². The van der Waals surface area contributed by atoms with E-state index in [9.17, 15) is 13.2 Å². The van der Waals surface area contributed by atoms with E-state index >= 15 is 0 Å². The Morgan fingerprint density at radius 1 is 1.33 bits per heavy atom. The van der Waals surface area contributed by atoms with E-state index in [1.807, 2.05) is 4.22 Å². The van der Waals surface area contributed by atoms with E-state index in [-0.39, 0.29) is 0 Å². The van der Waals surface area contributed by atoms with Crippen molar-refractivity contribution in [2.75, 3.05) is 4.93 Å². The molecule has 0 aliphatic carbocycles. The van der Waals surface area contributed by atoms with Gasteiger partial charge in [0.15, 0.2) is 0 Å². The maximum absolute atomic E-state index is 12.4. The van der Waals surface area contributed by atoms with E-state index in [2.05, 4.69) is 9.92 Å². The molecule has 0 atom stereocenters. The molecule has 1 aliphatic rings. The van der Waals surface area contributed by atoms with Crippen molar-refractivity contribution in [3.63, 3.8) is 0 Å². The summed E-state index contributed by atoms with van der Waals surface area (Å²) in [5.41, 5.74) is 0.829. The molecule has 0 unspecified atom stereocenters. The molecule has 1 aromatic rings. The van der Waals surface area contributed by atoms with Crippen LogP contribution in [0.3, 0.4) is 0 Å². The molecule has 0 spiro atoms. The Morgan fingerprint density at radius 2 is 2.07 bits per heavy atom. The van der Waals surface area contributed by atoms with Gasteiger partial charge in [-0.05, 0) is 0 Å². The van der Waals surface area contributed by atoms with Crippen molar-refractivity contribution in [1.82, 2.24) is 0 Å².